The van der Waals surface area contributed by atoms with Crippen LogP contribution < -0.4 is 5.32 Å². The van der Waals surface area contributed by atoms with Gasteiger partial charge in [0.25, 0.3) is 0 Å². The highest BCUT2D eigenvalue weighted by molar-refractivity contribution is 5.82. The van der Waals surface area contributed by atoms with Crippen molar-refractivity contribution in [1.29, 1.82) is 0 Å². The molecule has 1 amide bonds. The Balaban J connectivity index is 4.30. The molecule has 0 fully saturated rings. The third kappa shape index (κ3) is 6.26. The highest BCUT2D eigenvalue weighted by atomic mass is 16.4. The number of likely N-dealkylation sites (N-methyl/N-ethyl adjacent to an activating group) is 1. The molecule has 0 saturated heterocycles. The molecule has 17 heavy (non-hydrogen) atoms. The Morgan fingerprint density at radius 3 is 2.29 bits per heavy atom. The van der Waals surface area contributed by atoms with Crippen LogP contribution in [0.15, 0.2) is 0 Å². The molecule has 0 aromatic heterocycles. The van der Waals surface area contributed by atoms with Crippen LogP contribution in [0.25, 0.3) is 0 Å². The Morgan fingerprint density at radius 2 is 1.88 bits per heavy atom. The van der Waals surface area contributed by atoms with Crippen LogP contribution in [0.1, 0.15) is 40.5 Å². The van der Waals surface area contributed by atoms with Gasteiger partial charge in [0.05, 0.1) is 12.6 Å². The molecule has 0 aliphatic carbocycles. The molecule has 2 unspecified atom stereocenters. The van der Waals surface area contributed by atoms with Crippen LogP contribution in [0.3, 0.4) is 0 Å². The normalized spacial score (nSPS) is 14.4. The number of hydrogen-bond acceptors (Lipinski definition) is 3. The molecule has 5 heteroatoms. The van der Waals surface area contributed by atoms with Crippen molar-refractivity contribution in [2.75, 3.05) is 13.1 Å². The summed E-state index contributed by atoms with van der Waals surface area (Å²) in [4.78, 5) is 24.1. The van der Waals surface area contributed by atoms with Crippen LogP contribution in [0, 0.1) is 0 Å². The minimum absolute atomic E-state index is 0.103. The van der Waals surface area contributed by atoms with Gasteiger partial charge in [-0.1, -0.05) is 20.3 Å². The maximum absolute atomic E-state index is 11.9. The van der Waals surface area contributed by atoms with Gasteiger partial charge in [-0.15, -0.1) is 0 Å². The molecule has 0 radical (unpaired) electrons. The largest absolute Gasteiger partial charge is 0.480 e. The number of aliphatic carboxylic acids is 1. The zero-order valence-electron chi connectivity index (χ0n) is 11.2. The summed E-state index contributed by atoms with van der Waals surface area (Å²) in [6, 6.07) is -0.270. The summed E-state index contributed by atoms with van der Waals surface area (Å²) in [7, 11) is 0. The van der Waals surface area contributed by atoms with Gasteiger partial charge in [0.1, 0.15) is 0 Å². The Labute approximate surface area is 103 Å². The van der Waals surface area contributed by atoms with Crippen molar-refractivity contribution < 1.29 is 14.7 Å². The van der Waals surface area contributed by atoms with Gasteiger partial charge in [-0.05, 0) is 26.8 Å². The first-order valence-corrected chi connectivity index (χ1v) is 6.18. The molecule has 0 rings (SSSR count). The lowest BCUT2D eigenvalue weighted by atomic mass is 10.1. The van der Waals surface area contributed by atoms with Crippen molar-refractivity contribution in [3.63, 3.8) is 0 Å². The highest BCUT2D eigenvalue weighted by Gasteiger charge is 2.22. The summed E-state index contributed by atoms with van der Waals surface area (Å²) in [6.45, 7) is 8.05. The molecule has 0 spiro atoms. The van der Waals surface area contributed by atoms with Gasteiger partial charge in [-0.3, -0.25) is 14.5 Å². The summed E-state index contributed by atoms with van der Waals surface area (Å²) in [5.74, 6) is -1.01. The maximum atomic E-state index is 11.9. The Morgan fingerprint density at radius 1 is 1.29 bits per heavy atom. The van der Waals surface area contributed by atoms with E-state index in [0.717, 1.165) is 12.8 Å². The fourth-order valence-electron chi connectivity index (χ4n) is 1.73. The Bertz CT molecular complexity index is 256. The van der Waals surface area contributed by atoms with Crippen molar-refractivity contribution in [2.45, 2.75) is 52.6 Å². The molecule has 2 atom stereocenters. The van der Waals surface area contributed by atoms with Crippen LogP contribution in [0.4, 0.5) is 0 Å². The summed E-state index contributed by atoms with van der Waals surface area (Å²) < 4.78 is 0. The number of carboxylic acids is 1. The van der Waals surface area contributed by atoms with E-state index in [0.29, 0.717) is 6.54 Å². The monoisotopic (exact) mass is 244 g/mol. The summed E-state index contributed by atoms with van der Waals surface area (Å²) in [5.41, 5.74) is 0. The van der Waals surface area contributed by atoms with Crippen LogP contribution in [0.2, 0.25) is 0 Å². The summed E-state index contributed by atoms with van der Waals surface area (Å²) >= 11 is 0. The zero-order valence-corrected chi connectivity index (χ0v) is 11.2. The molecule has 5 nitrogen and oxygen atoms in total. The summed E-state index contributed by atoms with van der Waals surface area (Å²) in [5, 5.41) is 11.6. The third-order valence-corrected chi connectivity index (χ3v) is 2.78. The van der Waals surface area contributed by atoms with E-state index in [4.69, 9.17) is 5.11 Å². The van der Waals surface area contributed by atoms with Gasteiger partial charge in [-0.2, -0.15) is 0 Å². The van der Waals surface area contributed by atoms with E-state index in [1.54, 1.807) is 11.8 Å². The fraction of sp³-hybridized carbons (Fsp3) is 0.833. The van der Waals surface area contributed by atoms with E-state index in [2.05, 4.69) is 12.2 Å². The van der Waals surface area contributed by atoms with Crippen molar-refractivity contribution in [3.05, 3.63) is 0 Å². The lowest BCUT2D eigenvalue weighted by molar-refractivity contribution is -0.139. The van der Waals surface area contributed by atoms with Gasteiger partial charge in [0, 0.05) is 6.04 Å². The molecule has 0 aliphatic heterocycles. The number of hydrogen-bond donors (Lipinski definition) is 2. The Hall–Kier alpha value is -1.10. The van der Waals surface area contributed by atoms with Crippen molar-refractivity contribution in [2.24, 2.45) is 0 Å². The van der Waals surface area contributed by atoms with E-state index in [1.807, 2.05) is 13.8 Å². The molecule has 0 heterocycles. The first-order valence-electron chi connectivity index (χ1n) is 6.18. The second-order valence-electron chi connectivity index (χ2n) is 4.33. The van der Waals surface area contributed by atoms with Crippen molar-refractivity contribution in [1.82, 2.24) is 10.2 Å². The van der Waals surface area contributed by atoms with Crippen LogP contribution in [-0.2, 0) is 9.59 Å². The van der Waals surface area contributed by atoms with E-state index >= 15 is 0 Å². The SMILES string of the molecule is CCCC(C)NC(=O)C(C)N(CC)CC(=O)O. The number of carboxylic acid groups (broad SMARTS) is 1. The van der Waals surface area contributed by atoms with Crippen LogP contribution in [0.5, 0.6) is 0 Å². The fourth-order valence-corrected chi connectivity index (χ4v) is 1.73. The number of rotatable bonds is 8. The smallest absolute Gasteiger partial charge is 0.317 e. The number of nitrogens with one attached hydrogen (secondary N) is 1. The standard InChI is InChI=1S/C12H24N2O3/c1-5-7-9(3)13-12(17)10(4)14(6-2)8-11(15)16/h9-10H,5-8H2,1-4H3,(H,13,17)(H,15,16). The molecule has 0 aromatic rings. The van der Waals surface area contributed by atoms with E-state index in [9.17, 15) is 9.59 Å². The predicted molar refractivity (Wildman–Crippen MR) is 66.9 cm³/mol. The quantitative estimate of drug-likeness (QED) is 0.670. The minimum Gasteiger partial charge on any atom is -0.480 e. The van der Waals surface area contributed by atoms with E-state index < -0.39 is 12.0 Å². The highest BCUT2D eigenvalue weighted by Crippen LogP contribution is 2.01. The van der Waals surface area contributed by atoms with Crippen LogP contribution >= 0.6 is 0 Å². The number of amides is 1. The second kappa shape index (κ2) is 8.06. The van der Waals surface area contributed by atoms with Crippen molar-refractivity contribution in [3.8, 4) is 0 Å². The first kappa shape index (κ1) is 15.9. The van der Waals surface area contributed by atoms with Crippen LogP contribution in [-0.4, -0.2) is 47.1 Å². The first-order chi connectivity index (χ1) is 7.92. The molecule has 0 aliphatic rings. The predicted octanol–water partition coefficient (Wildman–Crippen LogP) is 1.09. The molecule has 0 saturated carbocycles. The second-order valence-corrected chi connectivity index (χ2v) is 4.33. The Kier molecular flexibility index (Phi) is 7.54. The van der Waals surface area contributed by atoms with Gasteiger partial charge in [0.2, 0.25) is 5.91 Å². The molecule has 0 aromatic carbocycles. The lowest BCUT2D eigenvalue weighted by Crippen LogP contribution is -2.49. The molecule has 2 N–H and O–H groups in total. The minimum atomic E-state index is -0.909. The zero-order chi connectivity index (χ0) is 13.4. The van der Waals surface area contributed by atoms with Gasteiger partial charge in [0.15, 0.2) is 0 Å². The number of carbonyl (C=O) groups excluding carboxylic acids is 1. The van der Waals surface area contributed by atoms with Gasteiger partial charge >= 0.3 is 5.97 Å². The van der Waals surface area contributed by atoms with E-state index in [-0.39, 0.29) is 18.5 Å². The lowest BCUT2D eigenvalue weighted by Gasteiger charge is -2.26. The molecule has 0 bridgehead atoms. The average molecular weight is 244 g/mol. The summed E-state index contributed by atoms with van der Waals surface area (Å²) in [6.07, 6.45) is 1.95. The topological polar surface area (TPSA) is 69.6 Å². The van der Waals surface area contributed by atoms with E-state index in [1.165, 1.54) is 0 Å². The molecular weight excluding hydrogens is 220 g/mol. The number of carbonyl (C=O) groups is 2. The number of nitrogens with zero attached hydrogens (tertiary/aromatic N) is 1. The van der Waals surface area contributed by atoms with Gasteiger partial charge in [-0.25, -0.2) is 0 Å². The molecular formula is C12H24N2O3. The average Bonchev–Trinajstić information content (AvgIpc) is 2.24. The van der Waals surface area contributed by atoms with Gasteiger partial charge < -0.3 is 10.4 Å². The van der Waals surface area contributed by atoms with Crippen molar-refractivity contribution >= 4 is 11.9 Å². The molecule has 100 valence electrons. The third-order valence-electron chi connectivity index (χ3n) is 2.78. The maximum Gasteiger partial charge on any atom is 0.317 e.